The predicted molar refractivity (Wildman–Crippen MR) is 156 cm³/mol. The van der Waals surface area contributed by atoms with Crippen molar-refractivity contribution >= 4 is 51.4 Å². The maximum Gasteiger partial charge on any atom is 0.359 e. The molecule has 0 radical (unpaired) electrons. The van der Waals surface area contributed by atoms with Gasteiger partial charge in [0, 0.05) is 4.90 Å². The quantitative estimate of drug-likeness (QED) is 0.159. The van der Waals surface area contributed by atoms with E-state index in [-0.39, 0.29) is 28.9 Å². The summed E-state index contributed by atoms with van der Waals surface area (Å²) in [5.74, 6) is -1.91. The van der Waals surface area contributed by atoms with Gasteiger partial charge in [0.05, 0.1) is 17.8 Å². The molecule has 1 saturated heterocycles. The number of nitrogens with zero attached hydrogens (tertiary/aromatic N) is 1. The van der Waals surface area contributed by atoms with Gasteiger partial charge in [-0.3, -0.25) is 14.5 Å². The zero-order valence-corrected chi connectivity index (χ0v) is 24.3. The fraction of sp³-hybridized carbons (Fsp3) is 0.207. The molecule has 12 heteroatoms. The molecule has 2 atom stereocenters. The first kappa shape index (κ1) is 28.8. The van der Waals surface area contributed by atoms with E-state index in [4.69, 9.17) is 8.92 Å². The van der Waals surface area contributed by atoms with Gasteiger partial charge in [0.2, 0.25) is 5.91 Å². The molecule has 3 aromatic carbocycles. The molecule has 5 rings (SSSR count). The van der Waals surface area contributed by atoms with E-state index in [1.54, 1.807) is 24.3 Å². The number of hydrogen-bond acceptors (Lipinski definition) is 9. The zero-order chi connectivity index (χ0) is 29.0. The summed E-state index contributed by atoms with van der Waals surface area (Å²) in [7, 11) is -4.01. The zero-order valence-electron chi connectivity index (χ0n) is 21.8. The van der Waals surface area contributed by atoms with Gasteiger partial charge < -0.3 is 14.2 Å². The van der Waals surface area contributed by atoms with Crippen LogP contribution in [0.1, 0.15) is 17.2 Å². The maximum absolute atomic E-state index is 13.7. The Morgan fingerprint density at radius 2 is 1.54 bits per heavy atom. The first-order chi connectivity index (χ1) is 19.7. The maximum atomic E-state index is 13.7. The van der Waals surface area contributed by atoms with Crippen LogP contribution in [0.15, 0.2) is 107 Å². The monoisotopic (exact) mass is 610 g/mol. The second-order valence-electron chi connectivity index (χ2n) is 9.22. The lowest BCUT2D eigenvalue weighted by Crippen LogP contribution is -2.70. The van der Waals surface area contributed by atoms with E-state index >= 15 is 0 Å². The highest BCUT2D eigenvalue weighted by molar-refractivity contribution is 8.00. The number of ether oxygens (including phenoxy) is 1. The molecule has 3 aromatic rings. The van der Waals surface area contributed by atoms with Crippen LogP contribution in [-0.2, 0) is 33.4 Å². The topological polar surface area (TPSA) is 119 Å². The lowest BCUT2D eigenvalue weighted by Gasteiger charge is -2.49. The predicted octanol–water partition coefficient (Wildman–Crippen LogP) is 3.70. The average molecular weight is 611 g/mol. The standard InChI is InChI=1S/C29H26N2O7S3/c1-41(35,36)38-22-17-40-28-24(30-23(32)18-39-21-15-9-4-10-16-21)27(33)31(28)25(22)29(34)37-26(19-11-5-2-6-12-19)20-13-7-3-8-14-20/h2-16,24,26,28H,17-18H2,1H3,(H,30,32)/t24-,28-/m1/s1. The lowest BCUT2D eigenvalue weighted by molar-refractivity contribution is -0.155. The Bertz CT molecular complexity index is 1530. The third kappa shape index (κ3) is 6.77. The molecule has 2 amide bonds. The summed E-state index contributed by atoms with van der Waals surface area (Å²) in [6, 6.07) is 26.6. The van der Waals surface area contributed by atoms with Crippen LogP contribution in [0.2, 0.25) is 0 Å². The van der Waals surface area contributed by atoms with Gasteiger partial charge in [0.1, 0.15) is 11.4 Å². The Morgan fingerprint density at radius 1 is 0.976 bits per heavy atom. The Hall–Kier alpha value is -3.74. The van der Waals surface area contributed by atoms with Crippen LogP contribution in [0.4, 0.5) is 0 Å². The van der Waals surface area contributed by atoms with Gasteiger partial charge in [-0.05, 0) is 23.3 Å². The fourth-order valence-corrected chi connectivity index (χ4v) is 7.02. The summed E-state index contributed by atoms with van der Waals surface area (Å²) in [6.07, 6.45) is 0.0359. The van der Waals surface area contributed by atoms with Crippen molar-refractivity contribution in [3.05, 3.63) is 114 Å². The minimum Gasteiger partial charge on any atom is -0.448 e. The lowest BCUT2D eigenvalue weighted by atomic mass is 10.0. The summed E-state index contributed by atoms with van der Waals surface area (Å²) in [6.45, 7) is 0. The molecule has 1 fully saturated rings. The van der Waals surface area contributed by atoms with Gasteiger partial charge in [-0.1, -0.05) is 78.9 Å². The molecule has 1 N–H and O–H groups in total. The largest absolute Gasteiger partial charge is 0.448 e. The molecule has 41 heavy (non-hydrogen) atoms. The second kappa shape index (κ2) is 12.4. The third-order valence-corrected chi connectivity index (χ3v) is 9.01. The molecular formula is C29H26N2O7S3. The molecule has 212 valence electrons. The van der Waals surface area contributed by atoms with Gasteiger partial charge in [0.25, 0.3) is 5.91 Å². The molecule has 0 aliphatic carbocycles. The van der Waals surface area contributed by atoms with Crippen molar-refractivity contribution in [3.63, 3.8) is 0 Å². The van der Waals surface area contributed by atoms with Crippen LogP contribution in [0.5, 0.6) is 0 Å². The normalized spacial score (nSPS) is 18.4. The average Bonchev–Trinajstić information content (AvgIpc) is 2.98. The van der Waals surface area contributed by atoms with E-state index in [0.717, 1.165) is 16.1 Å². The first-order valence-corrected chi connectivity index (χ1v) is 16.4. The molecule has 0 saturated carbocycles. The molecule has 9 nitrogen and oxygen atoms in total. The van der Waals surface area contributed by atoms with E-state index in [2.05, 4.69) is 5.32 Å². The number of amides is 2. The first-order valence-electron chi connectivity index (χ1n) is 12.6. The van der Waals surface area contributed by atoms with Gasteiger partial charge in [-0.15, -0.1) is 23.5 Å². The second-order valence-corrected chi connectivity index (χ2v) is 13.0. The van der Waals surface area contributed by atoms with Gasteiger partial charge >= 0.3 is 16.1 Å². The summed E-state index contributed by atoms with van der Waals surface area (Å²) in [4.78, 5) is 41.7. The van der Waals surface area contributed by atoms with Crippen LogP contribution < -0.4 is 5.32 Å². The van der Waals surface area contributed by atoms with Crippen molar-refractivity contribution in [2.75, 3.05) is 17.8 Å². The highest BCUT2D eigenvalue weighted by Crippen LogP contribution is 2.42. The number of carbonyl (C=O) groups excluding carboxylic acids is 3. The molecule has 0 unspecified atom stereocenters. The number of β-lactam (4-membered cyclic amide) rings is 1. The molecule has 2 heterocycles. The van der Waals surface area contributed by atoms with Gasteiger partial charge in [-0.2, -0.15) is 8.42 Å². The van der Waals surface area contributed by atoms with Crippen molar-refractivity contribution < 1.29 is 31.7 Å². The number of hydrogen-bond donors (Lipinski definition) is 1. The number of nitrogens with one attached hydrogen (secondary N) is 1. The van der Waals surface area contributed by atoms with Gasteiger partial charge in [0.15, 0.2) is 17.6 Å². The molecule has 0 aromatic heterocycles. The molecule has 2 aliphatic heterocycles. The molecule has 2 aliphatic rings. The minimum absolute atomic E-state index is 0.0154. The molecule has 0 spiro atoms. The number of fused-ring (bicyclic) bond motifs is 1. The van der Waals surface area contributed by atoms with Crippen molar-refractivity contribution in [2.24, 2.45) is 0 Å². The van der Waals surface area contributed by atoms with E-state index in [9.17, 15) is 22.8 Å². The number of rotatable bonds is 10. The Morgan fingerprint density at radius 3 is 2.10 bits per heavy atom. The van der Waals surface area contributed by atoms with Crippen molar-refractivity contribution in [3.8, 4) is 0 Å². The van der Waals surface area contributed by atoms with Crippen molar-refractivity contribution in [1.82, 2.24) is 10.2 Å². The third-order valence-electron chi connectivity index (χ3n) is 6.24. The van der Waals surface area contributed by atoms with Gasteiger partial charge in [-0.25, -0.2) is 4.79 Å². The number of carbonyl (C=O) groups is 3. The summed E-state index contributed by atoms with van der Waals surface area (Å²) >= 11 is 2.53. The van der Waals surface area contributed by atoms with Crippen LogP contribution in [-0.4, -0.2) is 60.3 Å². The fourth-order valence-electron chi connectivity index (χ4n) is 4.46. The highest BCUT2D eigenvalue weighted by atomic mass is 32.2. The molecule has 0 bridgehead atoms. The van der Waals surface area contributed by atoms with Crippen LogP contribution in [0, 0.1) is 0 Å². The van der Waals surface area contributed by atoms with E-state index in [0.29, 0.717) is 11.1 Å². The minimum atomic E-state index is -4.01. The van der Waals surface area contributed by atoms with E-state index < -0.39 is 39.5 Å². The van der Waals surface area contributed by atoms with Crippen LogP contribution >= 0.6 is 23.5 Å². The van der Waals surface area contributed by atoms with Crippen molar-refractivity contribution in [1.29, 1.82) is 0 Å². The Balaban J connectivity index is 1.37. The summed E-state index contributed by atoms with van der Waals surface area (Å²) < 4.78 is 35.2. The Kier molecular flexibility index (Phi) is 8.71. The number of thioether (sulfide) groups is 2. The van der Waals surface area contributed by atoms with Crippen molar-refractivity contribution in [2.45, 2.75) is 22.4 Å². The molecular weight excluding hydrogens is 585 g/mol. The number of esters is 1. The highest BCUT2D eigenvalue weighted by Gasteiger charge is 2.55. The van der Waals surface area contributed by atoms with E-state index in [1.165, 1.54) is 23.5 Å². The summed E-state index contributed by atoms with van der Waals surface area (Å²) in [5.41, 5.74) is 1.09. The van der Waals surface area contributed by atoms with E-state index in [1.807, 2.05) is 66.7 Å². The smallest absolute Gasteiger partial charge is 0.359 e. The SMILES string of the molecule is CS(=O)(=O)OC1=C(C(=O)OC(c2ccccc2)c2ccccc2)N2C(=O)[C@@H](NC(=O)CSc3ccccc3)[C@H]2SC1. The van der Waals surface area contributed by atoms with Crippen LogP contribution in [0.3, 0.4) is 0 Å². The summed E-state index contributed by atoms with van der Waals surface area (Å²) in [5, 5.41) is 2.11. The van der Waals surface area contributed by atoms with Crippen LogP contribution in [0.25, 0.3) is 0 Å². The number of benzene rings is 3. The Labute approximate surface area is 246 Å².